The molecule has 1 heterocycles. The summed E-state index contributed by atoms with van der Waals surface area (Å²) in [5.41, 5.74) is 1.01. The van der Waals surface area contributed by atoms with Crippen molar-refractivity contribution in [2.45, 2.75) is 40.3 Å². The topological polar surface area (TPSA) is 42.7 Å². The van der Waals surface area contributed by atoms with Crippen LogP contribution in [0.5, 0.6) is 0 Å². The zero-order chi connectivity index (χ0) is 10.6. The molecule has 0 saturated heterocycles. The Bertz CT molecular complexity index is 265. The van der Waals surface area contributed by atoms with E-state index in [0.29, 0.717) is 12.0 Å². The fraction of sp³-hybridized carbons (Fsp3) is 0.800. The van der Waals surface area contributed by atoms with E-state index in [1.807, 2.05) is 10.9 Å². The molecule has 1 N–H and O–H groups in total. The highest BCUT2D eigenvalue weighted by Crippen LogP contribution is 2.02. The average molecular weight is 196 g/mol. The van der Waals surface area contributed by atoms with Crippen LogP contribution in [0, 0.1) is 5.92 Å². The molecular formula is C10H20N4. The second-order valence-electron chi connectivity index (χ2n) is 4.31. The normalized spacial score (nSPS) is 11.6. The summed E-state index contributed by atoms with van der Waals surface area (Å²) in [6.45, 7) is 10.4. The van der Waals surface area contributed by atoms with Crippen LogP contribution in [0.4, 0.5) is 0 Å². The van der Waals surface area contributed by atoms with Gasteiger partial charge in [-0.2, -0.15) is 0 Å². The van der Waals surface area contributed by atoms with Crippen molar-refractivity contribution in [2.75, 3.05) is 6.54 Å². The smallest absolute Gasteiger partial charge is 0.0964 e. The summed E-state index contributed by atoms with van der Waals surface area (Å²) in [6.07, 6.45) is 2.00. The lowest BCUT2D eigenvalue weighted by atomic mass is 10.2. The third-order valence-electron chi connectivity index (χ3n) is 1.95. The second-order valence-corrected chi connectivity index (χ2v) is 4.31. The summed E-state index contributed by atoms with van der Waals surface area (Å²) in [5.74, 6) is 0.676. The van der Waals surface area contributed by atoms with Crippen LogP contribution < -0.4 is 5.32 Å². The van der Waals surface area contributed by atoms with Crippen molar-refractivity contribution >= 4 is 0 Å². The van der Waals surface area contributed by atoms with Crippen molar-refractivity contribution < 1.29 is 0 Å². The molecule has 0 atom stereocenters. The molecule has 4 heteroatoms. The van der Waals surface area contributed by atoms with Crippen molar-refractivity contribution in [3.05, 3.63) is 11.9 Å². The first kappa shape index (κ1) is 11.2. The van der Waals surface area contributed by atoms with Crippen LogP contribution in [0.15, 0.2) is 6.20 Å². The zero-order valence-electron chi connectivity index (χ0n) is 9.49. The van der Waals surface area contributed by atoms with Gasteiger partial charge < -0.3 is 5.32 Å². The number of nitrogens with one attached hydrogen (secondary N) is 1. The van der Waals surface area contributed by atoms with Gasteiger partial charge in [0.1, 0.15) is 0 Å². The van der Waals surface area contributed by atoms with Gasteiger partial charge in [-0.15, -0.1) is 5.10 Å². The van der Waals surface area contributed by atoms with E-state index in [4.69, 9.17) is 0 Å². The molecule has 0 aromatic carbocycles. The van der Waals surface area contributed by atoms with Crippen LogP contribution >= 0.6 is 0 Å². The van der Waals surface area contributed by atoms with Gasteiger partial charge in [0.05, 0.1) is 11.9 Å². The summed E-state index contributed by atoms with van der Waals surface area (Å²) in [4.78, 5) is 0. The van der Waals surface area contributed by atoms with Gasteiger partial charge in [-0.25, -0.2) is 4.68 Å². The summed E-state index contributed by atoms with van der Waals surface area (Å²) in [6, 6.07) is 0.390. The van der Waals surface area contributed by atoms with E-state index in [1.165, 1.54) is 0 Å². The fourth-order valence-corrected chi connectivity index (χ4v) is 1.14. The van der Waals surface area contributed by atoms with Gasteiger partial charge in [0.2, 0.25) is 0 Å². The minimum Gasteiger partial charge on any atom is -0.311 e. The molecule has 0 spiro atoms. The van der Waals surface area contributed by atoms with Crippen molar-refractivity contribution in [3.63, 3.8) is 0 Å². The lowest BCUT2D eigenvalue weighted by Gasteiger charge is -2.04. The van der Waals surface area contributed by atoms with Gasteiger partial charge in [0, 0.05) is 12.6 Å². The van der Waals surface area contributed by atoms with Crippen LogP contribution in [0.3, 0.4) is 0 Å². The van der Waals surface area contributed by atoms with Crippen molar-refractivity contribution in [1.29, 1.82) is 0 Å². The Balaban J connectivity index is 2.36. The van der Waals surface area contributed by atoms with Crippen LogP contribution in [-0.2, 0) is 6.54 Å². The highest BCUT2D eigenvalue weighted by atomic mass is 15.4. The maximum atomic E-state index is 4.08. The first-order valence-corrected chi connectivity index (χ1v) is 5.21. The second kappa shape index (κ2) is 5.10. The molecule has 0 aliphatic carbocycles. The molecule has 0 saturated carbocycles. The molecule has 14 heavy (non-hydrogen) atoms. The Labute approximate surface area is 85.7 Å². The largest absolute Gasteiger partial charge is 0.311 e. The SMILES string of the molecule is CC(C)CNCc1cn(C(C)C)nn1. The van der Waals surface area contributed by atoms with Crippen molar-refractivity contribution in [2.24, 2.45) is 5.92 Å². The third kappa shape index (κ3) is 3.46. The predicted octanol–water partition coefficient (Wildman–Crippen LogP) is 1.60. The number of hydrogen-bond donors (Lipinski definition) is 1. The molecule has 0 aliphatic rings. The van der Waals surface area contributed by atoms with Crippen molar-refractivity contribution in [3.8, 4) is 0 Å². The number of aromatic nitrogens is 3. The van der Waals surface area contributed by atoms with E-state index in [2.05, 4.69) is 43.3 Å². The van der Waals surface area contributed by atoms with E-state index in [-0.39, 0.29) is 0 Å². The number of rotatable bonds is 5. The zero-order valence-corrected chi connectivity index (χ0v) is 9.49. The fourth-order valence-electron chi connectivity index (χ4n) is 1.14. The third-order valence-corrected chi connectivity index (χ3v) is 1.95. The van der Waals surface area contributed by atoms with E-state index in [9.17, 15) is 0 Å². The predicted molar refractivity (Wildman–Crippen MR) is 57.0 cm³/mol. The Morgan fingerprint density at radius 1 is 1.36 bits per heavy atom. The summed E-state index contributed by atoms with van der Waals surface area (Å²) in [5, 5.41) is 11.5. The molecule has 0 amide bonds. The molecule has 0 radical (unpaired) electrons. The van der Waals surface area contributed by atoms with E-state index < -0.39 is 0 Å². The van der Waals surface area contributed by atoms with Crippen LogP contribution in [-0.4, -0.2) is 21.5 Å². The van der Waals surface area contributed by atoms with Gasteiger partial charge in [0.25, 0.3) is 0 Å². The lowest BCUT2D eigenvalue weighted by molar-refractivity contribution is 0.514. The van der Waals surface area contributed by atoms with Gasteiger partial charge in [-0.05, 0) is 26.3 Å². The molecule has 80 valence electrons. The molecule has 4 nitrogen and oxygen atoms in total. The Hall–Kier alpha value is -0.900. The number of hydrogen-bond acceptors (Lipinski definition) is 3. The molecule has 0 bridgehead atoms. The monoisotopic (exact) mass is 196 g/mol. The van der Waals surface area contributed by atoms with Gasteiger partial charge in [-0.3, -0.25) is 0 Å². The quantitative estimate of drug-likeness (QED) is 0.778. The first-order chi connectivity index (χ1) is 6.59. The molecule has 0 fully saturated rings. The molecular weight excluding hydrogens is 176 g/mol. The van der Waals surface area contributed by atoms with Gasteiger partial charge in [-0.1, -0.05) is 19.1 Å². The Morgan fingerprint density at radius 3 is 2.57 bits per heavy atom. The lowest BCUT2D eigenvalue weighted by Crippen LogP contribution is -2.19. The molecule has 1 rings (SSSR count). The minimum atomic E-state index is 0.390. The molecule has 1 aromatic heterocycles. The van der Waals surface area contributed by atoms with Gasteiger partial charge >= 0.3 is 0 Å². The number of nitrogens with zero attached hydrogens (tertiary/aromatic N) is 3. The van der Waals surface area contributed by atoms with Gasteiger partial charge in [0.15, 0.2) is 0 Å². The molecule has 0 aliphatic heterocycles. The van der Waals surface area contributed by atoms with Crippen LogP contribution in [0.1, 0.15) is 39.4 Å². The Morgan fingerprint density at radius 2 is 2.07 bits per heavy atom. The van der Waals surface area contributed by atoms with E-state index >= 15 is 0 Å². The maximum absolute atomic E-state index is 4.08. The molecule has 1 aromatic rings. The van der Waals surface area contributed by atoms with E-state index in [0.717, 1.165) is 18.8 Å². The minimum absolute atomic E-state index is 0.390. The van der Waals surface area contributed by atoms with Crippen LogP contribution in [0.25, 0.3) is 0 Å². The standard InChI is InChI=1S/C10H20N4/c1-8(2)5-11-6-10-7-14(9(3)4)13-12-10/h7-9,11H,5-6H2,1-4H3. The first-order valence-electron chi connectivity index (χ1n) is 5.21. The molecule has 0 unspecified atom stereocenters. The van der Waals surface area contributed by atoms with Crippen molar-refractivity contribution in [1.82, 2.24) is 20.3 Å². The van der Waals surface area contributed by atoms with E-state index in [1.54, 1.807) is 0 Å². The van der Waals surface area contributed by atoms with Crippen LogP contribution in [0.2, 0.25) is 0 Å². The average Bonchev–Trinajstić information content (AvgIpc) is 2.52. The summed E-state index contributed by atoms with van der Waals surface area (Å²) in [7, 11) is 0. The highest BCUT2D eigenvalue weighted by Gasteiger charge is 2.02. The summed E-state index contributed by atoms with van der Waals surface area (Å²) < 4.78 is 1.88. The maximum Gasteiger partial charge on any atom is 0.0964 e. The Kier molecular flexibility index (Phi) is 4.07. The highest BCUT2D eigenvalue weighted by molar-refractivity contribution is 4.92. The summed E-state index contributed by atoms with van der Waals surface area (Å²) >= 11 is 0.